The molecule has 7 heteroatoms. The summed E-state index contributed by atoms with van der Waals surface area (Å²) in [5.74, 6) is 1.27. The van der Waals surface area contributed by atoms with Gasteiger partial charge in [-0.1, -0.05) is 24.3 Å². The average Bonchev–Trinajstić information content (AvgIpc) is 2.72. The third-order valence-corrected chi connectivity index (χ3v) is 5.28. The van der Waals surface area contributed by atoms with Gasteiger partial charge in [-0.2, -0.15) is 4.98 Å². The molecule has 2 aromatic rings. The number of allylic oxidation sites excluding steroid dienone is 1. The fraction of sp³-hybridized carbons (Fsp3) is 0.391. The smallest absolute Gasteiger partial charge is 0.224 e. The molecule has 7 nitrogen and oxygen atoms in total. The molecule has 1 atom stereocenters. The number of hydrogen-bond donors (Lipinski definition) is 2. The summed E-state index contributed by atoms with van der Waals surface area (Å²) < 4.78 is 0. The second-order valence-corrected chi connectivity index (χ2v) is 7.81. The van der Waals surface area contributed by atoms with Gasteiger partial charge in [0.2, 0.25) is 11.9 Å². The summed E-state index contributed by atoms with van der Waals surface area (Å²) in [6.07, 6.45) is 5.32. The lowest BCUT2D eigenvalue weighted by Gasteiger charge is -2.32. The van der Waals surface area contributed by atoms with Crippen molar-refractivity contribution in [2.45, 2.75) is 46.1 Å². The van der Waals surface area contributed by atoms with Crippen molar-refractivity contribution in [3.05, 3.63) is 53.7 Å². The van der Waals surface area contributed by atoms with Crippen molar-refractivity contribution < 1.29 is 9.59 Å². The summed E-state index contributed by atoms with van der Waals surface area (Å²) in [4.78, 5) is 34.5. The molecule has 0 unspecified atom stereocenters. The zero-order valence-electron chi connectivity index (χ0n) is 17.9. The van der Waals surface area contributed by atoms with E-state index < -0.39 is 0 Å². The largest absolute Gasteiger partial charge is 0.350 e. The van der Waals surface area contributed by atoms with Crippen LogP contribution >= 0.6 is 0 Å². The molecule has 1 fully saturated rings. The molecule has 3 rings (SSSR count). The zero-order valence-corrected chi connectivity index (χ0v) is 17.9. The van der Waals surface area contributed by atoms with Gasteiger partial charge in [0, 0.05) is 49.9 Å². The topological polar surface area (TPSA) is 87.2 Å². The SMILES string of the molecule is C=CC(=O)Cc1cc(C)ccc1Nc1nc(N[C@H]2CCCN(C(C)=O)C2)ncc1C. The molecule has 2 heterocycles. The maximum Gasteiger partial charge on any atom is 0.224 e. The van der Waals surface area contributed by atoms with Crippen LogP contribution < -0.4 is 10.6 Å². The fourth-order valence-electron chi connectivity index (χ4n) is 3.58. The highest BCUT2D eigenvalue weighted by molar-refractivity contribution is 5.92. The Bertz CT molecular complexity index is 957. The number of piperidine rings is 1. The van der Waals surface area contributed by atoms with E-state index in [0.717, 1.165) is 41.8 Å². The molecule has 1 aliphatic heterocycles. The number of nitrogens with one attached hydrogen (secondary N) is 2. The van der Waals surface area contributed by atoms with E-state index in [-0.39, 0.29) is 24.2 Å². The molecule has 0 spiro atoms. The van der Waals surface area contributed by atoms with Crippen LogP contribution in [0.15, 0.2) is 37.1 Å². The Kier molecular flexibility index (Phi) is 6.82. The number of likely N-dealkylation sites (tertiary alicyclic amines) is 1. The van der Waals surface area contributed by atoms with Crippen LogP contribution in [0.1, 0.15) is 36.5 Å². The number of carbonyl (C=O) groups excluding carboxylic acids is 2. The highest BCUT2D eigenvalue weighted by Crippen LogP contribution is 2.25. The van der Waals surface area contributed by atoms with Gasteiger partial charge < -0.3 is 15.5 Å². The average molecular weight is 408 g/mol. The first-order chi connectivity index (χ1) is 14.4. The maximum atomic E-state index is 11.9. The minimum absolute atomic E-state index is 0.0299. The summed E-state index contributed by atoms with van der Waals surface area (Å²) >= 11 is 0. The van der Waals surface area contributed by atoms with Crippen LogP contribution in [0.4, 0.5) is 17.5 Å². The second-order valence-electron chi connectivity index (χ2n) is 7.81. The van der Waals surface area contributed by atoms with E-state index in [1.807, 2.05) is 36.9 Å². The van der Waals surface area contributed by atoms with Gasteiger partial charge in [-0.05, 0) is 44.4 Å². The maximum absolute atomic E-state index is 11.9. The number of benzene rings is 1. The first kappa shape index (κ1) is 21.5. The Morgan fingerprint density at radius 3 is 2.87 bits per heavy atom. The van der Waals surface area contributed by atoms with Gasteiger partial charge in [0.1, 0.15) is 5.82 Å². The highest BCUT2D eigenvalue weighted by Gasteiger charge is 2.22. The lowest BCUT2D eigenvalue weighted by molar-refractivity contribution is -0.129. The van der Waals surface area contributed by atoms with E-state index in [9.17, 15) is 9.59 Å². The summed E-state index contributed by atoms with van der Waals surface area (Å²) in [7, 11) is 0. The third-order valence-electron chi connectivity index (χ3n) is 5.28. The lowest BCUT2D eigenvalue weighted by atomic mass is 10.0. The molecule has 1 aliphatic rings. The molecule has 0 saturated carbocycles. The van der Waals surface area contributed by atoms with Crippen LogP contribution in [0.2, 0.25) is 0 Å². The molecule has 30 heavy (non-hydrogen) atoms. The summed E-state index contributed by atoms with van der Waals surface area (Å²) in [6.45, 7) is 10.6. The van der Waals surface area contributed by atoms with Crippen LogP contribution in [-0.2, 0) is 16.0 Å². The molecule has 1 aromatic carbocycles. The Labute approximate surface area is 177 Å². The first-order valence-electron chi connectivity index (χ1n) is 10.2. The number of rotatable bonds is 7. The number of ketones is 1. The van der Waals surface area contributed by atoms with Crippen LogP contribution in [0.25, 0.3) is 0 Å². The van der Waals surface area contributed by atoms with E-state index in [2.05, 4.69) is 27.2 Å². The molecule has 0 bridgehead atoms. The summed E-state index contributed by atoms with van der Waals surface area (Å²) in [5.41, 5.74) is 3.72. The molecule has 0 aliphatic carbocycles. The van der Waals surface area contributed by atoms with Crippen LogP contribution in [-0.4, -0.2) is 45.7 Å². The highest BCUT2D eigenvalue weighted by atomic mass is 16.2. The minimum atomic E-state index is -0.0299. The van der Waals surface area contributed by atoms with Crippen molar-refractivity contribution >= 4 is 29.1 Å². The molecule has 0 radical (unpaired) electrons. The predicted molar refractivity (Wildman–Crippen MR) is 119 cm³/mol. The monoisotopic (exact) mass is 407 g/mol. The Morgan fingerprint density at radius 1 is 1.33 bits per heavy atom. The summed E-state index contributed by atoms with van der Waals surface area (Å²) in [5, 5.41) is 6.72. The van der Waals surface area contributed by atoms with Crippen molar-refractivity contribution in [3.63, 3.8) is 0 Å². The van der Waals surface area contributed by atoms with Gasteiger partial charge in [0.25, 0.3) is 0 Å². The Morgan fingerprint density at radius 2 is 2.13 bits per heavy atom. The lowest BCUT2D eigenvalue weighted by Crippen LogP contribution is -2.44. The van der Waals surface area contributed by atoms with Crippen molar-refractivity contribution in [3.8, 4) is 0 Å². The number of aryl methyl sites for hydroxylation is 2. The molecule has 1 saturated heterocycles. The fourth-order valence-corrected chi connectivity index (χ4v) is 3.58. The Balaban J connectivity index is 1.78. The van der Waals surface area contributed by atoms with Gasteiger partial charge in [-0.25, -0.2) is 4.98 Å². The summed E-state index contributed by atoms with van der Waals surface area (Å²) in [6, 6.07) is 6.08. The first-order valence-corrected chi connectivity index (χ1v) is 10.2. The van der Waals surface area contributed by atoms with Gasteiger partial charge in [-0.15, -0.1) is 0 Å². The van der Waals surface area contributed by atoms with Gasteiger partial charge in [0.05, 0.1) is 0 Å². The van der Waals surface area contributed by atoms with Gasteiger partial charge >= 0.3 is 0 Å². The molecule has 158 valence electrons. The number of anilines is 3. The van der Waals surface area contributed by atoms with E-state index in [1.54, 1.807) is 13.1 Å². The van der Waals surface area contributed by atoms with Crippen molar-refractivity contribution in [2.24, 2.45) is 0 Å². The van der Waals surface area contributed by atoms with Crippen LogP contribution in [0, 0.1) is 13.8 Å². The second kappa shape index (κ2) is 9.52. The molecule has 2 N–H and O–H groups in total. The predicted octanol–water partition coefficient (Wildman–Crippen LogP) is 3.56. The van der Waals surface area contributed by atoms with Crippen LogP contribution in [0.3, 0.4) is 0 Å². The van der Waals surface area contributed by atoms with Gasteiger partial charge in [0.15, 0.2) is 5.78 Å². The van der Waals surface area contributed by atoms with E-state index in [0.29, 0.717) is 18.3 Å². The van der Waals surface area contributed by atoms with E-state index in [1.165, 1.54) is 6.08 Å². The van der Waals surface area contributed by atoms with E-state index >= 15 is 0 Å². The van der Waals surface area contributed by atoms with Crippen molar-refractivity contribution in [1.29, 1.82) is 0 Å². The molecule has 1 aromatic heterocycles. The standard InChI is InChI=1S/C23H29N5O2/c1-5-20(30)12-18-11-15(2)8-9-21(18)26-22-16(3)13-24-23(27-22)25-19-7-6-10-28(14-19)17(4)29/h5,8-9,11,13,19H,1,6-7,10,12,14H2,2-4H3,(H2,24,25,26,27)/t19-/m0/s1. The minimum Gasteiger partial charge on any atom is -0.350 e. The molecular weight excluding hydrogens is 378 g/mol. The van der Waals surface area contributed by atoms with Crippen LogP contribution in [0.5, 0.6) is 0 Å². The third kappa shape index (κ3) is 5.43. The normalized spacial score (nSPS) is 16.1. The Hall–Kier alpha value is -3.22. The quantitative estimate of drug-likeness (QED) is 0.683. The van der Waals surface area contributed by atoms with Gasteiger partial charge in [-0.3, -0.25) is 9.59 Å². The zero-order chi connectivity index (χ0) is 21.7. The number of nitrogens with zero attached hydrogens (tertiary/aromatic N) is 3. The number of amides is 1. The van der Waals surface area contributed by atoms with Crippen molar-refractivity contribution in [1.82, 2.24) is 14.9 Å². The van der Waals surface area contributed by atoms with Crippen molar-refractivity contribution in [2.75, 3.05) is 23.7 Å². The molecular formula is C23H29N5O2. The van der Waals surface area contributed by atoms with E-state index in [4.69, 9.17) is 0 Å². The number of aromatic nitrogens is 2. The molecule has 1 amide bonds. The number of carbonyl (C=O) groups is 2. The number of hydrogen-bond acceptors (Lipinski definition) is 6.